The second-order valence-corrected chi connectivity index (χ2v) is 10.5. The summed E-state index contributed by atoms with van der Waals surface area (Å²) in [5, 5.41) is 8.54. The molecule has 4 rings (SSSR count). The normalized spacial score (nSPS) is 11.0. The third-order valence-corrected chi connectivity index (χ3v) is 6.19. The van der Waals surface area contributed by atoms with Crippen molar-refractivity contribution in [3.05, 3.63) is 99.4 Å². The van der Waals surface area contributed by atoms with Gasteiger partial charge in [0.2, 0.25) is 0 Å². The summed E-state index contributed by atoms with van der Waals surface area (Å²) in [5.41, 5.74) is 1.19. The van der Waals surface area contributed by atoms with Crippen molar-refractivity contribution in [2.24, 2.45) is 0 Å². The van der Waals surface area contributed by atoms with Crippen molar-refractivity contribution in [3.63, 3.8) is 0 Å². The fourth-order valence-corrected chi connectivity index (χ4v) is 4.11. The third kappa shape index (κ3) is 7.91. The zero-order valence-electron chi connectivity index (χ0n) is 24.5. The second kappa shape index (κ2) is 13.1. The van der Waals surface area contributed by atoms with Gasteiger partial charge in [0.25, 0.3) is 11.8 Å². The van der Waals surface area contributed by atoms with Gasteiger partial charge < -0.3 is 34.6 Å². The van der Waals surface area contributed by atoms with E-state index in [-0.39, 0.29) is 52.6 Å². The molecule has 0 spiro atoms. The first-order chi connectivity index (χ1) is 20.5. The molecule has 1 heterocycles. The fourth-order valence-electron chi connectivity index (χ4n) is 4.11. The SMILES string of the molecule is COc1cc(NC(=O)c2cc(=O)c3ccccc3o2)c(C(=O)NCc2ccc(CNC(=O)OC(C)(C)C)cc2)cc1OC. The summed E-state index contributed by atoms with van der Waals surface area (Å²) in [6.45, 7) is 5.84. The first kappa shape index (κ1) is 30.6. The van der Waals surface area contributed by atoms with E-state index in [1.807, 2.05) is 24.3 Å². The van der Waals surface area contributed by atoms with Crippen LogP contribution in [0, 0.1) is 0 Å². The van der Waals surface area contributed by atoms with E-state index in [9.17, 15) is 19.2 Å². The molecule has 0 saturated carbocycles. The van der Waals surface area contributed by atoms with E-state index >= 15 is 0 Å². The lowest BCUT2D eigenvalue weighted by atomic mass is 10.1. The van der Waals surface area contributed by atoms with E-state index in [0.29, 0.717) is 5.39 Å². The molecule has 11 heteroatoms. The minimum atomic E-state index is -0.722. The maximum Gasteiger partial charge on any atom is 0.407 e. The van der Waals surface area contributed by atoms with Crippen LogP contribution in [0.5, 0.6) is 11.5 Å². The van der Waals surface area contributed by atoms with E-state index in [1.165, 1.54) is 26.4 Å². The van der Waals surface area contributed by atoms with Crippen LogP contribution in [0.1, 0.15) is 52.8 Å². The molecular weight excluding hydrogens is 554 g/mol. The van der Waals surface area contributed by atoms with Crippen molar-refractivity contribution in [1.29, 1.82) is 0 Å². The average Bonchev–Trinajstić information content (AvgIpc) is 2.98. The smallest absolute Gasteiger partial charge is 0.407 e. The molecule has 0 aliphatic carbocycles. The molecule has 0 saturated heterocycles. The maximum absolute atomic E-state index is 13.3. The second-order valence-electron chi connectivity index (χ2n) is 10.5. The number of amides is 3. The van der Waals surface area contributed by atoms with E-state index in [2.05, 4.69) is 16.0 Å². The fraction of sp³-hybridized carbons (Fsp3) is 0.250. The van der Waals surface area contributed by atoms with Crippen LogP contribution in [-0.2, 0) is 17.8 Å². The lowest BCUT2D eigenvalue weighted by Crippen LogP contribution is -2.32. The summed E-state index contributed by atoms with van der Waals surface area (Å²) < 4.78 is 21.6. The lowest BCUT2D eigenvalue weighted by Gasteiger charge is -2.19. The van der Waals surface area contributed by atoms with Crippen molar-refractivity contribution in [3.8, 4) is 11.5 Å². The largest absolute Gasteiger partial charge is 0.493 e. The highest BCUT2D eigenvalue weighted by Crippen LogP contribution is 2.34. The van der Waals surface area contributed by atoms with Crippen LogP contribution in [0.25, 0.3) is 11.0 Å². The Morgan fingerprint density at radius 3 is 2.02 bits per heavy atom. The molecule has 0 radical (unpaired) electrons. The molecule has 1 aromatic heterocycles. The van der Waals surface area contributed by atoms with E-state index in [1.54, 1.807) is 45.0 Å². The number of benzene rings is 3. The molecule has 11 nitrogen and oxygen atoms in total. The van der Waals surface area contributed by atoms with E-state index in [0.717, 1.165) is 17.2 Å². The monoisotopic (exact) mass is 587 g/mol. The number of hydrogen-bond donors (Lipinski definition) is 3. The molecule has 0 fully saturated rings. The minimum absolute atomic E-state index is 0.104. The first-order valence-corrected chi connectivity index (χ1v) is 13.4. The van der Waals surface area contributed by atoms with Crippen LogP contribution in [0.15, 0.2) is 75.9 Å². The summed E-state index contributed by atoms with van der Waals surface area (Å²) >= 11 is 0. The molecule has 3 amide bonds. The van der Waals surface area contributed by atoms with Gasteiger partial charge in [0, 0.05) is 25.2 Å². The molecular formula is C32H33N3O8. The van der Waals surface area contributed by atoms with Gasteiger partial charge >= 0.3 is 6.09 Å². The highest BCUT2D eigenvalue weighted by molar-refractivity contribution is 6.08. The zero-order valence-corrected chi connectivity index (χ0v) is 24.5. The van der Waals surface area contributed by atoms with Gasteiger partial charge in [-0.3, -0.25) is 14.4 Å². The van der Waals surface area contributed by atoms with E-state index < -0.39 is 23.5 Å². The predicted octanol–water partition coefficient (Wildman–Crippen LogP) is 5.02. The number of hydrogen-bond acceptors (Lipinski definition) is 8. The quantitative estimate of drug-likeness (QED) is 0.248. The molecule has 3 N–H and O–H groups in total. The number of carbonyl (C=O) groups is 3. The number of para-hydroxylation sites is 1. The summed E-state index contributed by atoms with van der Waals surface area (Å²) in [4.78, 5) is 50.9. The van der Waals surface area contributed by atoms with Crippen LogP contribution in [-0.4, -0.2) is 37.7 Å². The average molecular weight is 588 g/mol. The number of ether oxygens (including phenoxy) is 3. The summed E-state index contributed by atoms with van der Waals surface area (Å²) in [6, 6.07) is 17.9. The van der Waals surface area contributed by atoms with Gasteiger partial charge in [-0.25, -0.2) is 4.79 Å². The molecule has 224 valence electrons. The number of nitrogens with one attached hydrogen (secondary N) is 3. The Bertz CT molecular complexity index is 1710. The Balaban J connectivity index is 1.48. The topological polar surface area (TPSA) is 145 Å². The van der Waals surface area contributed by atoms with E-state index in [4.69, 9.17) is 18.6 Å². The highest BCUT2D eigenvalue weighted by atomic mass is 16.6. The van der Waals surface area contributed by atoms with Crippen molar-refractivity contribution in [1.82, 2.24) is 10.6 Å². The Morgan fingerprint density at radius 1 is 0.791 bits per heavy atom. The van der Waals surface area contributed by atoms with Crippen LogP contribution in [0.3, 0.4) is 0 Å². The summed E-state index contributed by atoms with van der Waals surface area (Å²) in [5.74, 6) is -0.868. The maximum atomic E-state index is 13.3. The molecule has 3 aromatic carbocycles. The van der Waals surface area contributed by atoms with Crippen molar-refractivity contribution >= 4 is 34.6 Å². The van der Waals surface area contributed by atoms with Gasteiger partial charge in [-0.05, 0) is 50.1 Å². The summed E-state index contributed by atoms with van der Waals surface area (Å²) in [7, 11) is 2.86. The molecule has 0 unspecified atom stereocenters. The number of alkyl carbamates (subject to hydrolysis) is 1. The number of carbonyl (C=O) groups excluding carboxylic acids is 3. The Morgan fingerprint density at radius 2 is 1.40 bits per heavy atom. The first-order valence-electron chi connectivity index (χ1n) is 13.4. The van der Waals surface area contributed by atoms with Gasteiger partial charge in [-0.15, -0.1) is 0 Å². The Labute approximate surface area is 248 Å². The summed E-state index contributed by atoms with van der Waals surface area (Å²) in [6.07, 6.45) is -0.510. The van der Waals surface area contributed by atoms with Gasteiger partial charge in [-0.2, -0.15) is 0 Å². The number of methoxy groups -OCH3 is 2. The zero-order chi connectivity index (χ0) is 31.1. The van der Waals surface area contributed by atoms with Gasteiger partial charge in [-0.1, -0.05) is 36.4 Å². The molecule has 0 aliphatic rings. The van der Waals surface area contributed by atoms with Crippen LogP contribution < -0.4 is 30.9 Å². The van der Waals surface area contributed by atoms with Crippen molar-refractivity contribution in [2.75, 3.05) is 19.5 Å². The minimum Gasteiger partial charge on any atom is -0.493 e. The van der Waals surface area contributed by atoms with Gasteiger partial charge in [0.1, 0.15) is 11.2 Å². The number of anilines is 1. The number of rotatable bonds is 9. The molecule has 0 atom stereocenters. The van der Waals surface area contributed by atoms with Gasteiger partial charge in [0.05, 0.1) is 30.9 Å². The predicted molar refractivity (Wildman–Crippen MR) is 161 cm³/mol. The lowest BCUT2D eigenvalue weighted by molar-refractivity contribution is 0.0523. The van der Waals surface area contributed by atoms with Gasteiger partial charge in [0.15, 0.2) is 22.7 Å². The highest BCUT2D eigenvalue weighted by Gasteiger charge is 2.21. The Kier molecular flexibility index (Phi) is 9.34. The number of fused-ring (bicyclic) bond motifs is 1. The molecule has 43 heavy (non-hydrogen) atoms. The Hall–Kier alpha value is -5.32. The third-order valence-electron chi connectivity index (χ3n) is 6.19. The molecule has 4 aromatic rings. The van der Waals surface area contributed by atoms with Crippen LogP contribution in [0.4, 0.5) is 10.5 Å². The standard InChI is InChI=1S/C32H33N3O8/c1-32(2,3)43-31(39)34-18-20-12-10-19(11-13-20)17-33-29(37)22-14-26(40-4)27(41-5)15-23(22)35-30(38)28-16-24(36)21-8-6-7-9-25(21)42-28/h6-16H,17-18H2,1-5H3,(H,33,37)(H,34,39)(H,35,38). The molecule has 0 bridgehead atoms. The van der Waals surface area contributed by atoms with Crippen LogP contribution in [0.2, 0.25) is 0 Å². The van der Waals surface area contributed by atoms with Crippen molar-refractivity contribution < 1.29 is 33.0 Å². The van der Waals surface area contributed by atoms with Crippen LogP contribution >= 0.6 is 0 Å². The molecule has 0 aliphatic heterocycles. The van der Waals surface area contributed by atoms with Crippen molar-refractivity contribution in [2.45, 2.75) is 39.5 Å².